The molecule has 0 saturated heterocycles. The lowest BCUT2D eigenvalue weighted by Crippen LogP contribution is -2.58. The van der Waals surface area contributed by atoms with Crippen molar-refractivity contribution in [2.45, 2.75) is 77.0 Å². The number of thiazole rings is 1. The van der Waals surface area contributed by atoms with Gasteiger partial charge in [0, 0.05) is 26.4 Å². The van der Waals surface area contributed by atoms with Crippen LogP contribution in [0.1, 0.15) is 61.8 Å². The number of Topliss-reactive ketones (excluding diaryl/α,β-unsaturated/α-hetero) is 1. The fourth-order valence-electron chi connectivity index (χ4n) is 5.77. The van der Waals surface area contributed by atoms with Crippen molar-refractivity contribution in [1.29, 1.82) is 0 Å². The maximum atomic E-state index is 14.1. The lowest BCUT2D eigenvalue weighted by atomic mass is 10.00. The number of nitrogens with zero attached hydrogens (tertiary/aromatic N) is 2. The molecule has 2 bridgehead atoms. The van der Waals surface area contributed by atoms with Gasteiger partial charge in [-0.2, -0.15) is 0 Å². The van der Waals surface area contributed by atoms with Gasteiger partial charge in [0.05, 0.1) is 22.7 Å². The van der Waals surface area contributed by atoms with Crippen LogP contribution in [0.2, 0.25) is 0 Å². The highest BCUT2D eigenvalue weighted by Gasteiger charge is 2.33. The molecule has 3 aromatic rings. The molecule has 55 heavy (non-hydrogen) atoms. The summed E-state index contributed by atoms with van der Waals surface area (Å²) in [5.74, 6) is -3.24. The first-order valence-electron chi connectivity index (χ1n) is 18.1. The Bertz CT molecular complexity index is 1860. The van der Waals surface area contributed by atoms with Crippen LogP contribution in [0.4, 0.5) is 0 Å². The first-order valence-corrected chi connectivity index (χ1v) is 18.9. The smallest absolute Gasteiger partial charge is 0.243 e. The van der Waals surface area contributed by atoms with E-state index in [9.17, 15) is 28.8 Å². The van der Waals surface area contributed by atoms with Gasteiger partial charge in [-0.1, -0.05) is 44.2 Å². The Labute approximate surface area is 323 Å². The number of para-hydroxylation sites is 1. The number of hydrogen-bond acceptors (Lipinski definition) is 10. The summed E-state index contributed by atoms with van der Waals surface area (Å²) in [5, 5.41) is 13.7. The van der Waals surface area contributed by atoms with Crippen molar-refractivity contribution in [3.05, 3.63) is 71.3 Å². The molecule has 294 valence electrons. The number of rotatable bonds is 11. The third-order valence-electron chi connectivity index (χ3n) is 8.43. The summed E-state index contributed by atoms with van der Waals surface area (Å²) in [6.45, 7) is 5.51. The van der Waals surface area contributed by atoms with Gasteiger partial charge in [-0.05, 0) is 61.1 Å². The number of hydrogen-bond donors (Lipinski definition) is 7. The minimum atomic E-state index is -1.45. The second-order valence-electron chi connectivity index (χ2n) is 13.5. The van der Waals surface area contributed by atoms with Crippen LogP contribution in [0, 0.1) is 5.92 Å². The normalized spacial score (nSPS) is 19.6. The zero-order valence-electron chi connectivity index (χ0n) is 31.1. The molecule has 16 nitrogen and oxygen atoms in total. The van der Waals surface area contributed by atoms with Gasteiger partial charge in [-0.3, -0.25) is 33.8 Å². The fraction of sp³-hybridized carbons (Fsp3) is 0.421. The van der Waals surface area contributed by atoms with Gasteiger partial charge in [0.15, 0.2) is 11.0 Å². The summed E-state index contributed by atoms with van der Waals surface area (Å²) in [6.07, 6.45) is 3.65. The molecule has 0 saturated carbocycles. The number of benzene rings is 2. The van der Waals surface area contributed by atoms with E-state index in [2.05, 4.69) is 36.6 Å². The third kappa shape index (κ3) is 13.5. The summed E-state index contributed by atoms with van der Waals surface area (Å²) in [7, 11) is 0. The van der Waals surface area contributed by atoms with Crippen LogP contribution < -0.4 is 42.8 Å². The van der Waals surface area contributed by atoms with Crippen molar-refractivity contribution in [1.82, 2.24) is 31.6 Å². The predicted molar refractivity (Wildman–Crippen MR) is 209 cm³/mol. The molecule has 0 radical (unpaired) electrons. The van der Waals surface area contributed by atoms with E-state index in [4.69, 9.17) is 16.2 Å². The lowest BCUT2D eigenvalue weighted by Gasteiger charge is -2.27. The second-order valence-corrected chi connectivity index (χ2v) is 14.5. The molecular formula is C38H49N9O7S. The van der Waals surface area contributed by atoms with Crippen molar-refractivity contribution < 1.29 is 33.5 Å². The number of aliphatic imine (C=N–C) groups is 1. The first-order chi connectivity index (χ1) is 26.3. The molecule has 2 aliphatic heterocycles. The number of carbonyl (C=O) groups is 6. The molecule has 4 atom stereocenters. The Kier molecular flexibility index (Phi) is 15.7. The largest absolute Gasteiger partial charge is 0.490 e. The van der Waals surface area contributed by atoms with Crippen molar-refractivity contribution in [2.75, 3.05) is 19.7 Å². The van der Waals surface area contributed by atoms with E-state index < -0.39 is 65.9 Å². The second kappa shape index (κ2) is 20.6. The fourth-order valence-corrected chi connectivity index (χ4v) is 6.73. The topological polar surface area (TPSA) is 249 Å². The zero-order valence-corrected chi connectivity index (χ0v) is 31.9. The molecule has 3 heterocycles. The summed E-state index contributed by atoms with van der Waals surface area (Å²) in [5.41, 5.74) is 12.3. The number of carbonyl (C=O) groups excluding carboxylic acids is 6. The van der Waals surface area contributed by atoms with E-state index in [1.54, 1.807) is 48.6 Å². The summed E-state index contributed by atoms with van der Waals surface area (Å²) in [4.78, 5) is 89.3. The molecule has 2 aliphatic rings. The van der Waals surface area contributed by atoms with Gasteiger partial charge in [-0.25, -0.2) is 4.98 Å². The molecular weight excluding hydrogens is 727 g/mol. The van der Waals surface area contributed by atoms with E-state index in [0.717, 1.165) is 10.3 Å². The van der Waals surface area contributed by atoms with E-state index >= 15 is 0 Å². The van der Waals surface area contributed by atoms with Crippen molar-refractivity contribution in [3.8, 4) is 5.75 Å². The van der Waals surface area contributed by atoms with E-state index in [0.29, 0.717) is 17.7 Å². The minimum absolute atomic E-state index is 0.0863. The molecule has 9 N–H and O–H groups in total. The number of ether oxygens (including phenoxy) is 1. The average molecular weight is 776 g/mol. The van der Waals surface area contributed by atoms with Gasteiger partial charge < -0.3 is 42.8 Å². The van der Waals surface area contributed by atoms with Gasteiger partial charge in [0.2, 0.25) is 35.3 Å². The Hall–Kier alpha value is -5.84. The van der Waals surface area contributed by atoms with Crippen LogP contribution in [-0.2, 0) is 30.4 Å². The first kappa shape index (κ1) is 41.9. The SMILES string of the molecule is CC(=O)N[C@H]1Cc2ccc(cc2)OC/C=C\CNC(=O)C[C@@H](C(=O)N[C@H](CCCN=C(N)N)C(=O)c2nc3ccccc3s2)NC(=O)[C@H](CC(C)C)NC1=O. The molecule has 5 rings (SSSR count). The van der Waals surface area contributed by atoms with Crippen LogP contribution >= 0.6 is 11.3 Å². The zero-order chi connectivity index (χ0) is 39.9. The number of ketones is 1. The summed E-state index contributed by atoms with van der Waals surface area (Å²) >= 11 is 1.18. The van der Waals surface area contributed by atoms with Crippen LogP contribution in [0.25, 0.3) is 10.2 Å². The molecule has 0 unspecified atom stereocenters. The monoisotopic (exact) mass is 775 g/mol. The number of nitrogens with one attached hydrogen (secondary N) is 5. The molecule has 1 aromatic heterocycles. The maximum Gasteiger partial charge on any atom is 0.243 e. The standard InChI is InChI=1S/C38H49N9O7S/c1-22(2)19-28-34(51)46-30(36(53)44-27(10-8-17-42-38(39)40)33(50)37-47-26-9-4-5-11-31(26)55-37)21-32(49)41-16-6-7-18-54-25-14-12-24(13-15-25)20-29(35(52)45-28)43-23(3)48/h4-7,9,11-15,22,27-30H,8,10,16-21H2,1-3H3,(H,41,49)(H,43,48)(H,44,53)(H,45,52)(H,46,51)(H4,39,40,42)/b7-6-/t27-,28+,29+,30+/m1/s1. The maximum absolute atomic E-state index is 14.1. The van der Waals surface area contributed by atoms with Crippen LogP contribution in [0.15, 0.2) is 65.7 Å². The number of amides is 5. The van der Waals surface area contributed by atoms with Crippen molar-refractivity contribution in [2.24, 2.45) is 22.4 Å². The van der Waals surface area contributed by atoms with Gasteiger partial charge in [-0.15, -0.1) is 11.3 Å². The number of nitrogens with two attached hydrogens (primary N) is 2. The quantitative estimate of drug-likeness (QED) is 0.0483. The van der Waals surface area contributed by atoms with Crippen LogP contribution in [-0.4, -0.2) is 90.1 Å². The Morgan fingerprint density at radius 1 is 1.00 bits per heavy atom. The van der Waals surface area contributed by atoms with Gasteiger partial charge in [0.25, 0.3) is 0 Å². The summed E-state index contributed by atoms with van der Waals surface area (Å²) in [6, 6.07) is 9.53. The van der Waals surface area contributed by atoms with Crippen molar-refractivity contribution >= 4 is 62.8 Å². The molecule has 0 aliphatic carbocycles. The number of guanidine groups is 1. The van der Waals surface area contributed by atoms with Crippen LogP contribution in [0.5, 0.6) is 5.75 Å². The highest BCUT2D eigenvalue weighted by molar-refractivity contribution is 7.20. The highest BCUT2D eigenvalue weighted by Crippen LogP contribution is 2.23. The third-order valence-corrected chi connectivity index (χ3v) is 9.48. The Balaban J connectivity index is 1.63. The molecule has 17 heteroatoms. The summed E-state index contributed by atoms with van der Waals surface area (Å²) < 4.78 is 6.53. The Morgan fingerprint density at radius 3 is 2.44 bits per heavy atom. The number of aromatic nitrogens is 1. The van der Waals surface area contributed by atoms with Gasteiger partial charge in [0.1, 0.15) is 30.5 Å². The molecule has 2 aromatic carbocycles. The van der Waals surface area contributed by atoms with Crippen molar-refractivity contribution in [3.63, 3.8) is 0 Å². The highest BCUT2D eigenvalue weighted by atomic mass is 32.1. The van der Waals surface area contributed by atoms with E-state index in [-0.39, 0.29) is 55.8 Å². The van der Waals surface area contributed by atoms with Gasteiger partial charge >= 0.3 is 0 Å². The van der Waals surface area contributed by atoms with E-state index in [1.165, 1.54) is 18.3 Å². The molecule has 0 spiro atoms. The average Bonchev–Trinajstić information content (AvgIpc) is 3.57. The van der Waals surface area contributed by atoms with Crippen LogP contribution in [0.3, 0.4) is 0 Å². The number of fused-ring (bicyclic) bond motifs is 17. The molecule has 0 fully saturated rings. The van der Waals surface area contributed by atoms with E-state index in [1.807, 2.05) is 26.0 Å². The Morgan fingerprint density at radius 2 is 1.75 bits per heavy atom. The minimum Gasteiger partial charge on any atom is -0.490 e. The molecule has 5 amide bonds. The lowest BCUT2D eigenvalue weighted by molar-refractivity contribution is -0.135. The predicted octanol–water partition coefficient (Wildman–Crippen LogP) is 1.24.